The molecule has 0 aromatic rings. The third-order valence-corrected chi connectivity index (χ3v) is 0. The molecular formula is BMgMnZn. The average molecular weight is 155 g/mol. The van der Waals surface area contributed by atoms with E-state index in [1.165, 1.54) is 0 Å². The minimum absolute atomic E-state index is 0. The van der Waals surface area contributed by atoms with E-state index in [0.29, 0.717) is 0 Å². The molecule has 0 fully saturated rings. The van der Waals surface area contributed by atoms with Crippen molar-refractivity contribution >= 4 is 31.5 Å². The molecule has 0 bridgehead atoms. The fraction of sp³-hybridized carbons (Fsp3) is 0. The van der Waals surface area contributed by atoms with Gasteiger partial charge in [0.2, 0.25) is 0 Å². The monoisotopic (exact) mass is 154 g/mol. The Morgan fingerprint density at radius 3 is 1.00 bits per heavy atom. The second-order valence-electron chi connectivity index (χ2n) is 0. The van der Waals surface area contributed by atoms with Gasteiger partial charge in [-0.05, 0) is 0 Å². The van der Waals surface area contributed by atoms with E-state index >= 15 is 0 Å². The first-order chi connectivity index (χ1) is 0. The van der Waals surface area contributed by atoms with E-state index in [4.69, 9.17) is 0 Å². The minimum atomic E-state index is 0. The zero-order valence-electron chi connectivity index (χ0n) is 2.37. The summed E-state index contributed by atoms with van der Waals surface area (Å²) in [4.78, 5) is 0. The maximum atomic E-state index is 0. The van der Waals surface area contributed by atoms with Gasteiger partial charge in [0.05, 0.1) is 0 Å². The van der Waals surface area contributed by atoms with Crippen LogP contribution < -0.4 is 0 Å². The van der Waals surface area contributed by atoms with Crippen LogP contribution in [0, 0.1) is 0 Å². The Balaban J connectivity index is 0. The molecule has 0 aliphatic heterocycles. The van der Waals surface area contributed by atoms with Crippen LogP contribution in [0.15, 0.2) is 0 Å². The zero-order valence-corrected chi connectivity index (χ0v) is 7.93. The van der Waals surface area contributed by atoms with Gasteiger partial charge in [0.1, 0.15) is 0 Å². The second-order valence-corrected chi connectivity index (χ2v) is 0. The molecule has 0 heterocycles. The molecule has 4 heteroatoms. The summed E-state index contributed by atoms with van der Waals surface area (Å²) >= 11 is 0. The molecule has 0 aliphatic rings. The van der Waals surface area contributed by atoms with Crippen LogP contribution in [0.5, 0.6) is 0 Å². The molecule has 0 aliphatic carbocycles. The summed E-state index contributed by atoms with van der Waals surface area (Å²) in [6.07, 6.45) is 0. The third kappa shape index (κ3) is 9.02. The third-order valence-electron chi connectivity index (χ3n) is 0. The number of hydrogen-bond donors (Lipinski definition) is 0. The van der Waals surface area contributed by atoms with Gasteiger partial charge in [0.25, 0.3) is 0 Å². The van der Waals surface area contributed by atoms with Gasteiger partial charge in [-0.15, -0.1) is 0 Å². The van der Waals surface area contributed by atoms with Gasteiger partial charge >= 0.3 is 0 Å². The van der Waals surface area contributed by atoms with Crippen LogP contribution in [0.1, 0.15) is 0 Å². The summed E-state index contributed by atoms with van der Waals surface area (Å²) in [5.74, 6) is 0. The fourth-order valence-electron chi connectivity index (χ4n) is 0. The molecule has 0 aromatic carbocycles. The Labute approximate surface area is 67.4 Å². The molecule has 0 spiro atoms. The van der Waals surface area contributed by atoms with Crippen molar-refractivity contribution in [2.24, 2.45) is 0 Å². The largest absolute Gasteiger partial charge is 0 e. The van der Waals surface area contributed by atoms with Gasteiger partial charge in [-0.3, -0.25) is 0 Å². The molecule has 0 atom stereocenters. The van der Waals surface area contributed by atoms with Crippen LogP contribution >= 0.6 is 0 Å². The quantitative estimate of drug-likeness (QED) is 0.403. The molecule has 0 rings (SSSR count). The Hall–Kier alpha value is 1.97. The summed E-state index contributed by atoms with van der Waals surface area (Å²) in [7, 11) is 0. The van der Waals surface area contributed by atoms with Gasteiger partial charge in [0.15, 0.2) is 0 Å². The molecule has 0 N–H and O–H groups in total. The Morgan fingerprint density at radius 2 is 1.00 bits per heavy atom. The van der Waals surface area contributed by atoms with Crippen molar-refractivity contribution < 1.29 is 36.5 Å². The van der Waals surface area contributed by atoms with Gasteiger partial charge in [-0.1, -0.05) is 0 Å². The van der Waals surface area contributed by atoms with Crippen molar-refractivity contribution in [3.05, 3.63) is 0 Å². The maximum absolute atomic E-state index is 0. The van der Waals surface area contributed by atoms with E-state index in [0.717, 1.165) is 0 Å². The van der Waals surface area contributed by atoms with Crippen molar-refractivity contribution in [3.63, 3.8) is 0 Å². The minimum Gasteiger partial charge on any atom is 0 e. The molecule has 4 heavy (non-hydrogen) atoms. The van der Waals surface area contributed by atoms with Gasteiger partial charge in [-0.2, -0.15) is 0 Å². The molecule has 0 unspecified atom stereocenters. The van der Waals surface area contributed by atoms with Gasteiger partial charge < -0.3 is 0 Å². The molecule has 0 saturated carbocycles. The molecule has 0 amide bonds. The molecular weight excluding hydrogens is 155 g/mol. The Kier molecular flexibility index (Phi) is 191. The topological polar surface area (TPSA) is 0 Å². The number of hydrogen-bond acceptors (Lipinski definition) is 0. The molecule has 0 saturated heterocycles. The molecule has 6 radical (unpaired) electrons. The van der Waals surface area contributed by atoms with Crippen LogP contribution in [0.25, 0.3) is 0 Å². The van der Waals surface area contributed by atoms with E-state index in [-0.39, 0.29) is 68.0 Å². The van der Waals surface area contributed by atoms with Crippen LogP contribution in [0.2, 0.25) is 0 Å². The predicted octanol–water partition coefficient (Wildman–Crippen LogP) is -0.767. The van der Waals surface area contributed by atoms with Crippen LogP contribution in [-0.4, -0.2) is 31.5 Å². The Morgan fingerprint density at radius 1 is 1.00 bits per heavy atom. The van der Waals surface area contributed by atoms with E-state index in [9.17, 15) is 0 Å². The van der Waals surface area contributed by atoms with Crippen LogP contribution in [0.3, 0.4) is 0 Å². The van der Waals surface area contributed by atoms with E-state index < -0.39 is 0 Å². The van der Waals surface area contributed by atoms with E-state index in [2.05, 4.69) is 0 Å². The van der Waals surface area contributed by atoms with Crippen LogP contribution in [-0.2, 0) is 36.5 Å². The molecule has 0 aromatic heterocycles. The van der Waals surface area contributed by atoms with Crippen molar-refractivity contribution in [2.75, 3.05) is 0 Å². The fourth-order valence-corrected chi connectivity index (χ4v) is 0. The summed E-state index contributed by atoms with van der Waals surface area (Å²) in [6.45, 7) is 0. The zero-order chi connectivity index (χ0) is 0. The first-order valence-corrected chi connectivity index (χ1v) is 0. The predicted molar refractivity (Wildman–Crippen MR) is 11.5 cm³/mol. The summed E-state index contributed by atoms with van der Waals surface area (Å²) in [5.41, 5.74) is 0. The SMILES string of the molecule is [B].[Mg].[Mn].[Zn]. The summed E-state index contributed by atoms with van der Waals surface area (Å²) < 4.78 is 0. The van der Waals surface area contributed by atoms with Gasteiger partial charge in [0, 0.05) is 68.0 Å². The second kappa shape index (κ2) is 20.2. The van der Waals surface area contributed by atoms with Crippen molar-refractivity contribution in [3.8, 4) is 0 Å². The molecule has 0 nitrogen and oxygen atoms in total. The summed E-state index contributed by atoms with van der Waals surface area (Å²) in [6, 6.07) is 0. The van der Waals surface area contributed by atoms with Crippen LogP contribution in [0.4, 0.5) is 0 Å². The van der Waals surface area contributed by atoms with E-state index in [1.807, 2.05) is 0 Å². The van der Waals surface area contributed by atoms with E-state index in [1.54, 1.807) is 0 Å². The van der Waals surface area contributed by atoms with Crippen molar-refractivity contribution in [1.82, 2.24) is 0 Å². The number of rotatable bonds is 0. The molecule has 14 valence electrons. The Bertz CT molecular complexity index is 8.00. The van der Waals surface area contributed by atoms with Gasteiger partial charge in [-0.25, -0.2) is 0 Å². The van der Waals surface area contributed by atoms with Crippen molar-refractivity contribution in [2.45, 2.75) is 0 Å². The standard InChI is InChI=1S/B.Mg.Mn.Zn. The summed E-state index contributed by atoms with van der Waals surface area (Å²) in [5, 5.41) is 0. The normalized spacial score (nSPS) is 0. The first kappa shape index (κ1) is 37.9. The van der Waals surface area contributed by atoms with Crippen molar-refractivity contribution in [1.29, 1.82) is 0 Å². The maximum Gasteiger partial charge on any atom is 0 e. The average Bonchev–Trinajstić information content (AvgIpc) is 0. The first-order valence-electron chi connectivity index (χ1n) is 0. The smallest absolute Gasteiger partial charge is 0 e.